The molecule has 0 spiro atoms. The molecule has 2 rings (SSSR count). The Morgan fingerprint density at radius 3 is 2.39 bits per heavy atom. The number of unbranched alkanes of at least 4 members (excludes halogenated alkanes) is 3. The van der Waals surface area contributed by atoms with Gasteiger partial charge in [-0.05, 0) is 56.8 Å². The molecule has 1 amide bonds. The van der Waals surface area contributed by atoms with Gasteiger partial charge in [-0.3, -0.25) is 4.79 Å². The maximum absolute atomic E-state index is 12.6. The smallest absolute Gasteiger partial charge is 0.223 e. The molecule has 130 valence electrons. The van der Waals surface area contributed by atoms with Crippen LogP contribution in [0, 0.1) is 0 Å². The van der Waals surface area contributed by atoms with Gasteiger partial charge in [0.05, 0.1) is 6.04 Å². The highest BCUT2D eigenvalue weighted by atomic mass is 35.5. The zero-order valence-corrected chi connectivity index (χ0v) is 15.4. The fourth-order valence-electron chi connectivity index (χ4n) is 2.89. The molecule has 0 bridgehead atoms. The van der Waals surface area contributed by atoms with Crippen LogP contribution in [-0.4, -0.2) is 23.4 Å². The van der Waals surface area contributed by atoms with E-state index in [1.54, 1.807) is 0 Å². The highest BCUT2D eigenvalue weighted by molar-refractivity contribution is 6.30. The van der Waals surface area contributed by atoms with E-state index in [4.69, 9.17) is 17.3 Å². The first-order valence-corrected chi connectivity index (χ1v) is 8.78. The van der Waals surface area contributed by atoms with Crippen LogP contribution < -0.4 is 5.73 Å². The zero-order valence-electron chi connectivity index (χ0n) is 13.8. The van der Waals surface area contributed by atoms with Crippen molar-refractivity contribution < 1.29 is 4.79 Å². The molecule has 23 heavy (non-hydrogen) atoms. The van der Waals surface area contributed by atoms with Gasteiger partial charge in [-0.25, -0.2) is 0 Å². The van der Waals surface area contributed by atoms with Gasteiger partial charge in [0, 0.05) is 17.5 Å². The highest BCUT2D eigenvalue weighted by Crippen LogP contribution is 2.35. The quantitative estimate of drug-likeness (QED) is 0.649. The third-order valence-corrected chi connectivity index (χ3v) is 4.59. The van der Waals surface area contributed by atoms with Crippen LogP contribution in [0.15, 0.2) is 24.3 Å². The number of rotatable bonds is 9. The van der Waals surface area contributed by atoms with Crippen molar-refractivity contribution in [2.24, 2.45) is 5.73 Å². The van der Waals surface area contributed by atoms with Crippen LogP contribution >= 0.6 is 24.0 Å². The standard InChI is InChI=1S/C18H27ClN2O.ClH/c1-14(15-7-9-16(19)10-8-15)21(17-11-12-17)18(22)6-4-2-3-5-13-20;/h7-10,14,17H,2-6,11-13,20H2,1H3;1H. The Morgan fingerprint density at radius 2 is 1.83 bits per heavy atom. The molecule has 0 saturated heterocycles. The summed E-state index contributed by atoms with van der Waals surface area (Å²) in [5.41, 5.74) is 6.66. The number of benzene rings is 1. The number of nitrogens with zero attached hydrogens (tertiary/aromatic N) is 1. The Kier molecular flexibility index (Phi) is 8.96. The van der Waals surface area contributed by atoms with Gasteiger partial charge < -0.3 is 10.6 Å². The first-order valence-electron chi connectivity index (χ1n) is 8.40. The van der Waals surface area contributed by atoms with Gasteiger partial charge in [-0.1, -0.05) is 36.6 Å². The number of hydrogen-bond acceptors (Lipinski definition) is 2. The van der Waals surface area contributed by atoms with E-state index in [0.717, 1.165) is 55.7 Å². The molecule has 5 heteroatoms. The van der Waals surface area contributed by atoms with Crippen LogP contribution in [0.4, 0.5) is 0 Å². The highest BCUT2D eigenvalue weighted by Gasteiger charge is 2.35. The second-order valence-corrected chi connectivity index (χ2v) is 6.65. The molecule has 1 fully saturated rings. The monoisotopic (exact) mass is 358 g/mol. The summed E-state index contributed by atoms with van der Waals surface area (Å²) in [6.07, 6.45) is 7.17. The number of halogens is 2. The Bertz CT molecular complexity index is 474. The molecule has 1 unspecified atom stereocenters. The predicted molar refractivity (Wildman–Crippen MR) is 99.1 cm³/mol. The molecular formula is C18H28Cl2N2O. The predicted octanol–water partition coefficient (Wildman–Crippen LogP) is 4.72. The van der Waals surface area contributed by atoms with Gasteiger partial charge in [-0.15, -0.1) is 12.4 Å². The van der Waals surface area contributed by atoms with Crippen LogP contribution in [0.25, 0.3) is 0 Å². The lowest BCUT2D eigenvalue weighted by molar-refractivity contribution is -0.134. The van der Waals surface area contributed by atoms with E-state index in [9.17, 15) is 4.79 Å². The van der Waals surface area contributed by atoms with Gasteiger partial charge in [0.15, 0.2) is 0 Å². The van der Waals surface area contributed by atoms with Crippen LogP contribution in [0.5, 0.6) is 0 Å². The van der Waals surface area contributed by atoms with Gasteiger partial charge in [-0.2, -0.15) is 0 Å². The Labute approximate surface area is 151 Å². The number of amides is 1. The third kappa shape index (κ3) is 6.33. The van der Waals surface area contributed by atoms with Crippen LogP contribution in [-0.2, 0) is 4.79 Å². The number of hydrogen-bond donors (Lipinski definition) is 1. The van der Waals surface area contributed by atoms with Crippen molar-refractivity contribution in [1.82, 2.24) is 4.90 Å². The Morgan fingerprint density at radius 1 is 1.22 bits per heavy atom. The van der Waals surface area contributed by atoms with Crippen molar-refractivity contribution in [2.75, 3.05) is 6.54 Å². The number of carbonyl (C=O) groups is 1. The van der Waals surface area contributed by atoms with Gasteiger partial charge in [0.1, 0.15) is 0 Å². The second-order valence-electron chi connectivity index (χ2n) is 6.21. The van der Waals surface area contributed by atoms with E-state index < -0.39 is 0 Å². The lowest BCUT2D eigenvalue weighted by Gasteiger charge is -2.30. The van der Waals surface area contributed by atoms with E-state index >= 15 is 0 Å². The Hall–Kier alpha value is -0.770. The van der Waals surface area contributed by atoms with Crippen molar-refractivity contribution in [1.29, 1.82) is 0 Å². The molecule has 1 saturated carbocycles. The topological polar surface area (TPSA) is 46.3 Å². The summed E-state index contributed by atoms with van der Waals surface area (Å²) in [4.78, 5) is 14.7. The lowest BCUT2D eigenvalue weighted by atomic mass is 10.1. The summed E-state index contributed by atoms with van der Waals surface area (Å²) in [6, 6.07) is 8.41. The molecule has 1 aliphatic rings. The minimum absolute atomic E-state index is 0. The van der Waals surface area contributed by atoms with E-state index in [1.807, 2.05) is 24.3 Å². The largest absolute Gasteiger partial charge is 0.333 e. The molecule has 1 aromatic rings. The second kappa shape index (κ2) is 10.2. The molecule has 1 atom stereocenters. The molecule has 3 nitrogen and oxygen atoms in total. The summed E-state index contributed by atoms with van der Waals surface area (Å²) >= 11 is 5.95. The van der Waals surface area contributed by atoms with Crippen LogP contribution in [0.2, 0.25) is 5.02 Å². The summed E-state index contributed by atoms with van der Waals surface area (Å²) in [7, 11) is 0. The fourth-order valence-corrected chi connectivity index (χ4v) is 3.02. The van der Waals surface area contributed by atoms with E-state index in [2.05, 4.69) is 11.8 Å². The molecule has 0 heterocycles. The number of nitrogens with two attached hydrogens (primary N) is 1. The van der Waals surface area contributed by atoms with Crippen molar-refractivity contribution in [3.8, 4) is 0 Å². The molecule has 1 aliphatic carbocycles. The molecule has 0 aromatic heterocycles. The van der Waals surface area contributed by atoms with Gasteiger partial charge >= 0.3 is 0 Å². The normalized spacial score (nSPS) is 14.9. The minimum atomic E-state index is 0. The zero-order chi connectivity index (χ0) is 15.9. The summed E-state index contributed by atoms with van der Waals surface area (Å²) in [5.74, 6) is 0.290. The lowest BCUT2D eigenvalue weighted by Crippen LogP contribution is -2.35. The Balaban J connectivity index is 0.00000264. The molecule has 0 aliphatic heterocycles. The number of carbonyl (C=O) groups excluding carboxylic acids is 1. The van der Waals surface area contributed by atoms with E-state index in [1.165, 1.54) is 0 Å². The van der Waals surface area contributed by atoms with E-state index in [-0.39, 0.29) is 24.4 Å². The van der Waals surface area contributed by atoms with Crippen LogP contribution in [0.3, 0.4) is 0 Å². The molecular weight excluding hydrogens is 331 g/mol. The van der Waals surface area contributed by atoms with Crippen molar-refractivity contribution >= 4 is 29.9 Å². The first kappa shape index (κ1) is 20.3. The minimum Gasteiger partial charge on any atom is -0.333 e. The third-order valence-electron chi connectivity index (χ3n) is 4.34. The maximum Gasteiger partial charge on any atom is 0.223 e. The first-order chi connectivity index (χ1) is 10.6. The molecule has 2 N–H and O–H groups in total. The summed E-state index contributed by atoms with van der Waals surface area (Å²) in [5, 5.41) is 0.736. The van der Waals surface area contributed by atoms with E-state index in [0.29, 0.717) is 12.5 Å². The molecule has 1 aromatic carbocycles. The summed E-state index contributed by atoms with van der Waals surface area (Å²) < 4.78 is 0. The SMILES string of the molecule is CC(c1ccc(Cl)cc1)N(C(=O)CCCCCCN)C1CC1.Cl. The molecule has 0 radical (unpaired) electrons. The summed E-state index contributed by atoms with van der Waals surface area (Å²) in [6.45, 7) is 2.86. The average Bonchev–Trinajstić information content (AvgIpc) is 3.32. The van der Waals surface area contributed by atoms with Gasteiger partial charge in [0.25, 0.3) is 0 Å². The fraction of sp³-hybridized carbons (Fsp3) is 0.611. The van der Waals surface area contributed by atoms with Gasteiger partial charge in [0.2, 0.25) is 5.91 Å². The van der Waals surface area contributed by atoms with Crippen LogP contribution in [0.1, 0.15) is 63.5 Å². The van der Waals surface area contributed by atoms with Crippen molar-refractivity contribution in [2.45, 2.75) is 64.0 Å². The average molecular weight is 359 g/mol. The van der Waals surface area contributed by atoms with Crippen molar-refractivity contribution in [3.05, 3.63) is 34.9 Å². The van der Waals surface area contributed by atoms with Crippen molar-refractivity contribution in [3.63, 3.8) is 0 Å². The maximum atomic E-state index is 12.6.